The van der Waals surface area contributed by atoms with Crippen molar-refractivity contribution in [1.82, 2.24) is 0 Å². The van der Waals surface area contributed by atoms with Crippen molar-refractivity contribution < 1.29 is 18.4 Å². The van der Waals surface area contributed by atoms with Gasteiger partial charge in [0.2, 0.25) is 0 Å². The molecule has 0 spiro atoms. The lowest BCUT2D eigenvalue weighted by Gasteiger charge is -2.05. The van der Waals surface area contributed by atoms with Crippen LogP contribution in [0.25, 0.3) is 0 Å². The first-order valence-corrected chi connectivity index (χ1v) is 3.33. The normalized spacial score (nSPS) is 14.6. The van der Waals surface area contributed by atoms with Gasteiger partial charge < -0.3 is 9.66 Å². The molecule has 1 atom stereocenters. The van der Waals surface area contributed by atoms with E-state index in [1.807, 2.05) is 0 Å². The van der Waals surface area contributed by atoms with Gasteiger partial charge in [0.25, 0.3) is 0 Å². The van der Waals surface area contributed by atoms with Crippen LogP contribution in [0.15, 0.2) is 0 Å². The third kappa shape index (κ3) is 3.17. The molecule has 0 rings (SSSR count). The quantitative estimate of drug-likeness (QED) is 0.564. The molecule has 0 heterocycles. The molecule has 8 heavy (non-hydrogen) atoms. The Labute approximate surface area is 48.7 Å². The number of hydrogen-bond donors (Lipinski definition) is 1. The largest absolute Gasteiger partial charge is 0.612 e. The first-order chi connectivity index (χ1) is 3.68. The summed E-state index contributed by atoms with van der Waals surface area (Å²) in [6.07, 6.45) is 0. The molecule has 0 aromatic carbocycles. The van der Waals surface area contributed by atoms with E-state index in [1.54, 1.807) is 0 Å². The molecule has 5 heteroatoms. The van der Waals surface area contributed by atoms with Crippen LogP contribution in [0, 0.1) is 0 Å². The Morgan fingerprint density at radius 1 is 1.62 bits per heavy atom. The van der Waals surface area contributed by atoms with Gasteiger partial charge in [0, 0.05) is 11.2 Å². The third-order valence-electron chi connectivity index (χ3n) is 0.491. The summed E-state index contributed by atoms with van der Waals surface area (Å²) in [5.41, 5.74) is 0. The summed E-state index contributed by atoms with van der Waals surface area (Å²) in [5, 5.41) is 7.96. The van der Waals surface area contributed by atoms with Gasteiger partial charge in [0.15, 0.2) is 0 Å². The summed E-state index contributed by atoms with van der Waals surface area (Å²) in [5.74, 6) is -3.15. The minimum atomic E-state index is -2.82. The Hall–Kier alpha value is 0.130. The van der Waals surface area contributed by atoms with E-state index in [0.717, 1.165) is 0 Å². The lowest BCUT2D eigenvalue weighted by Crippen LogP contribution is -2.17. The predicted octanol–water partition coefficient (Wildman–Crippen LogP) is -0.0500. The highest BCUT2D eigenvalue weighted by molar-refractivity contribution is 7.91. The average Bonchev–Trinajstić information content (AvgIpc) is 1.67. The summed E-state index contributed by atoms with van der Waals surface area (Å²) < 4.78 is 32.4. The van der Waals surface area contributed by atoms with Gasteiger partial charge in [-0.05, 0) is 0 Å². The number of alkyl halides is 2. The SMILES string of the molecule is [O-][S+](CCO)C(F)F. The third-order valence-corrected chi connectivity index (χ3v) is 1.47. The van der Waals surface area contributed by atoms with Crippen LogP contribution in [-0.4, -0.2) is 27.8 Å². The maximum Gasteiger partial charge on any atom is 0.397 e. The smallest absolute Gasteiger partial charge is 0.397 e. The van der Waals surface area contributed by atoms with Crippen molar-refractivity contribution >= 4 is 11.2 Å². The lowest BCUT2D eigenvalue weighted by atomic mass is 10.9. The Bertz CT molecular complexity index is 61.2. The molecule has 0 aliphatic rings. The van der Waals surface area contributed by atoms with Crippen LogP contribution in [0.4, 0.5) is 8.78 Å². The molecular formula is C3H6F2O2S. The molecule has 0 fully saturated rings. The minimum absolute atomic E-state index is 0.336. The van der Waals surface area contributed by atoms with E-state index in [2.05, 4.69) is 0 Å². The number of aliphatic hydroxyl groups excluding tert-OH is 1. The van der Waals surface area contributed by atoms with Crippen molar-refractivity contribution in [2.75, 3.05) is 12.4 Å². The van der Waals surface area contributed by atoms with Crippen molar-refractivity contribution in [3.8, 4) is 0 Å². The van der Waals surface area contributed by atoms with Gasteiger partial charge in [-0.15, -0.1) is 0 Å². The van der Waals surface area contributed by atoms with E-state index in [4.69, 9.17) is 5.11 Å². The fourth-order valence-corrected chi connectivity index (χ4v) is 0.537. The maximum absolute atomic E-state index is 11.2. The highest BCUT2D eigenvalue weighted by Crippen LogP contribution is 2.03. The average molecular weight is 144 g/mol. The topological polar surface area (TPSA) is 43.3 Å². The predicted molar refractivity (Wildman–Crippen MR) is 26.1 cm³/mol. The van der Waals surface area contributed by atoms with Crippen molar-refractivity contribution in [3.05, 3.63) is 0 Å². The summed E-state index contributed by atoms with van der Waals surface area (Å²) in [4.78, 5) is 0. The summed E-state index contributed by atoms with van der Waals surface area (Å²) in [7, 11) is 0. The zero-order valence-corrected chi connectivity index (χ0v) is 4.83. The Morgan fingerprint density at radius 2 is 2.12 bits per heavy atom. The van der Waals surface area contributed by atoms with Crippen molar-refractivity contribution in [1.29, 1.82) is 0 Å². The number of halogens is 2. The second-order valence-electron chi connectivity index (χ2n) is 1.07. The molecule has 0 amide bonds. The van der Waals surface area contributed by atoms with Gasteiger partial charge in [0.1, 0.15) is 5.75 Å². The second-order valence-corrected chi connectivity index (χ2v) is 2.60. The van der Waals surface area contributed by atoms with Gasteiger partial charge >= 0.3 is 5.76 Å². The van der Waals surface area contributed by atoms with Crippen LogP contribution in [0.5, 0.6) is 0 Å². The molecule has 0 aromatic rings. The summed E-state index contributed by atoms with van der Waals surface area (Å²) >= 11 is -2.16. The molecule has 0 saturated carbocycles. The molecule has 50 valence electrons. The van der Waals surface area contributed by atoms with Crippen LogP contribution in [-0.2, 0) is 11.2 Å². The first kappa shape index (κ1) is 8.13. The molecule has 1 N–H and O–H groups in total. The van der Waals surface area contributed by atoms with Crippen LogP contribution < -0.4 is 0 Å². The lowest BCUT2D eigenvalue weighted by molar-refractivity contribution is 0.231. The molecular weight excluding hydrogens is 138 g/mol. The molecule has 2 nitrogen and oxygen atoms in total. The second kappa shape index (κ2) is 4.05. The highest BCUT2D eigenvalue weighted by atomic mass is 32.2. The Morgan fingerprint density at radius 3 is 2.25 bits per heavy atom. The van der Waals surface area contributed by atoms with Crippen LogP contribution in [0.1, 0.15) is 0 Å². The summed E-state index contributed by atoms with van der Waals surface area (Å²) in [6.45, 7) is -0.447. The fraction of sp³-hybridized carbons (Fsp3) is 1.00. The maximum atomic E-state index is 11.2. The Balaban J connectivity index is 3.17. The molecule has 0 aliphatic heterocycles. The number of aliphatic hydroxyl groups is 1. The van der Waals surface area contributed by atoms with Gasteiger partial charge in [-0.2, -0.15) is 8.78 Å². The van der Waals surface area contributed by atoms with Crippen LogP contribution >= 0.6 is 0 Å². The van der Waals surface area contributed by atoms with Gasteiger partial charge in [-0.1, -0.05) is 0 Å². The first-order valence-electron chi connectivity index (χ1n) is 1.94. The van der Waals surface area contributed by atoms with E-state index >= 15 is 0 Å². The summed E-state index contributed by atoms with van der Waals surface area (Å²) in [6, 6.07) is 0. The number of hydrogen-bond acceptors (Lipinski definition) is 2. The van der Waals surface area contributed by atoms with Crippen LogP contribution in [0.2, 0.25) is 0 Å². The molecule has 0 saturated heterocycles. The van der Waals surface area contributed by atoms with Crippen LogP contribution in [0.3, 0.4) is 0 Å². The monoisotopic (exact) mass is 144 g/mol. The molecule has 1 unspecified atom stereocenters. The zero-order chi connectivity index (χ0) is 6.57. The zero-order valence-electron chi connectivity index (χ0n) is 4.01. The highest BCUT2D eigenvalue weighted by Gasteiger charge is 2.17. The standard InChI is InChI=1S/C3H6F2O2S/c4-3(5)8(7)2-1-6/h3,6H,1-2H2. The number of rotatable bonds is 3. The van der Waals surface area contributed by atoms with E-state index in [1.165, 1.54) is 0 Å². The van der Waals surface area contributed by atoms with E-state index in [9.17, 15) is 13.3 Å². The van der Waals surface area contributed by atoms with Gasteiger partial charge in [-0.3, -0.25) is 0 Å². The molecule has 0 aromatic heterocycles. The minimum Gasteiger partial charge on any atom is -0.612 e. The molecule has 0 bridgehead atoms. The van der Waals surface area contributed by atoms with Crippen molar-refractivity contribution in [3.63, 3.8) is 0 Å². The molecule has 0 radical (unpaired) electrons. The van der Waals surface area contributed by atoms with Gasteiger partial charge in [0.05, 0.1) is 6.61 Å². The van der Waals surface area contributed by atoms with Gasteiger partial charge in [-0.25, -0.2) is 0 Å². The van der Waals surface area contributed by atoms with E-state index in [0.29, 0.717) is 0 Å². The fourth-order valence-electron chi connectivity index (χ4n) is 0.179. The van der Waals surface area contributed by atoms with E-state index in [-0.39, 0.29) is 5.75 Å². The van der Waals surface area contributed by atoms with Crippen molar-refractivity contribution in [2.24, 2.45) is 0 Å². The van der Waals surface area contributed by atoms with E-state index < -0.39 is 23.5 Å². The Kier molecular flexibility index (Phi) is 4.12. The van der Waals surface area contributed by atoms with Crippen molar-refractivity contribution in [2.45, 2.75) is 5.76 Å². The molecule has 0 aliphatic carbocycles.